The zero-order chi connectivity index (χ0) is 19.5. The van der Waals surface area contributed by atoms with Crippen molar-refractivity contribution in [3.8, 4) is 11.5 Å². The van der Waals surface area contributed by atoms with E-state index in [-0.39, 0.29) is 17.2 Å². The average Bonchev–Trinajstić information content (AvgIpc) is 3.17. The summed E-state index contributed by atoms with van der Waals surface area (Å²) in [6.07, 6.45) is 3.14. The van der Waals surface area contributed by atoms with Crippen molar-refractivity contribution in [2.75, 3.05) is 0 Å². The lowest BCUT2D eigenvalue weighted by Gasteiger charge is -2.27. The Bertz CT molecular complexity index is 968. The summed E-state index contributed by atoms with van der Waals surface area (Å²) in [6.45, 7) is 3.90. The number of benzene rings is 2. The number of thioether (sulfide) groups is 1. The third-order valence-electron chi connectivity index (χ3n) is 5.04. The molecule has 0 fully saturated rings. The molecular formula is C22H23N3O2S. The lowest BCUT2D eigenvalue weighted by Crippen LogP contribution is -2.35. The molecule has 2 atom stereocenters. The number of rotatable bonds is 5. The Kier molecular flexibility index (Phi) is 5.48. The number of nitrogens with one attached hydrogen (secondary N) is 1. The third-order valence-corrected chi connectivity index (χ3v) is 5.97. The summed E-state index contributed by atoms with van der Waals surface area (Å²) in [5.74, 6) is 0.457. The summed E-state index contributed by atoms with van der Waals surface area (Å²) >= 11 is 1.29. The molecule has 28 heavy (non-hydrogen) atoms. The number of amides is 1. The van der Waals surface area contributed by atoms with Crippen molar-refractivity contribution in [1.29, 1.82) is 0 Å². The van der Waals surface area contributed by atoms with Crippen molar-refractivity contribution in [3.05, 3.63) is 65.2 Å². The molecule has 1 N–H and O–H groups in total. The quantitative estimate of drug-likeness (QED) is 0.635. The largest absolute Gasteiger partial charge is 0.411 e. The Morgan fingerprint density at radius 2 is 1.96 bits per heavy atom. The SMILES string of the molecule is Cc1ccc(-c2nnc(S[C@H](C)C(=O)N[C@@H]3CCCc4ccccc43)o2)cc1. The third kappa shape index (κ3) is 4.12. The molecular weight excluding hydrogens is 370 g/mol. The van der Waals surface area contributed by atoms with Crippen molar-refractivity contribution >= 4 is 17.7 Å². The first-order chi connectivity index (χ1) is 13.6. The Balaban J connectivity index is 1.40. The highest BCUT2D eigenvalue weighted by Crippen LogP contribution is 2.31. The number of hydrogen-bond donors (Lipinski definition) is 1. The van der Waals surface area contributed by atoms with E-state index in [1.165, 1.54) is 28.5 Å². The average molecular weight is 394 g/mol. The Morgan fingerprint density at radius 3 is 2.79 bits per heavy atom. The van der Waals surface area contributed by atoms with E-state index in [2.05, 4.69) is 33.7 Å². The van der Waals surface area contributed by atoms with Crippen LogP contribution in [0.1, 0.15) is 42.5 Å². The fourth-order valence-corrected chi connectivity index (χ4v) is 4.16. The van der Waals surface area contributed by atoms with Crippen LogP contribution in [0.5, 0.6) is 0 Å². The highest BCUT2D eigenvalue weighted by Gasteiger charge is 2.25. The predicted molar refractivity (Wildman–Crippen MR) is 110 cm³/mol. The van der Waals surface area contributed by atoms with Crippen LogP contribution >= 0.6 is 11.8 Å². The summed E-state index contributed by atoms with van der Waals surface area (Å²) in [5, 5.41) is 11.5. The molecule has 3 aromatic rings. The first-order valence-corrected chi connectivity index (χ1v) is 10.4. The van der Waals surface area contributed by atoms with Crippen molar-refractivity contribution in [1.82, 2.24) is 15.5 Å². The van der Waals surface area contributed by atoms with Gasteiger partial charge in [0.2, 0.25) is 11.8 Å². The summed E-state index contributed by atoms with van der Waals surface area (Å²) in [6, 6.07) is 16.3. The van der Waals surface area contributed by atoms with Crippen molar-refractivity contribution in [2.24, 2.45) is 0 Å². The first kappa shape index (κ1) is 18.7. The molecule has 0 bridgehead atoms. The zero-order valence-corrected chi connectivity index (χ0v) is 16.8. The second-order valence-electron chi connectivity index (χ2n) is 7.15. The van der Waals surface area contributed by atoms with Crippen LogP contribution in [0.3, 0.4) is 0 Å². The molecule has 1 aliphatic rings. The fraction of sp³-hybridized carbons (Fsp3) is 0.318. The highest BCUT2D eigenvalue weighted by atomic mass is 32.2. The number of nitrogens with zero attached hydrogens (tertiary/aromatic N) is 2. The minimum Gasteiger partial charge on any atom is -0.411 e. The zero-order valence-electron chi connectivity index (χ0n) is 16.0. The lowest BCUT2D eigenvalue weighted by molar-refractivity contribution is -0.121. The molecule has 6 heteroatoms. The standard InChI is InChI=1S/C22H23N3O2S/c1-14-10-12-17(13-11-14)21-24-25-22(27-21)28-15(2)20(26)23-19-9-5-7-16-6-3-4-8-18(16)19/h3-4,6,8,10-13,15,19H,5,7,9H2,1-2H3,(H,23,26)/t15-,19-/m1/s1. The molecule has 4 rings (SSSR count). The number of aromatic nitrogens is 2. The maximum atomic E-state index is 12.7. The minimum atomic E-state index is -0.319. The number of carbonyl (C=O) groups is 1. The van der Waals surface area contributed by atoms with Gasteiger partial charge in [-0.1, -0.05) is 53.7 Å². The molecule has 144 valence electrons. The summed E-state index contributed by atoms with van der Waals surface area (Å²) < 4.78 is 5.74. The van der Waals surface area contributed by atoms with E-state index < -0.39 is 0 Å². The molecule has 0 saturated carbocycles. The number of hydrogen-bond acceptors (Lipinski definition) is 5. The van der Waals surface area contributed by atoms with Crippen molar-refractivity contribution < 1.29 is 9.21 Å². The monoisotopic (exact) mass is 393 g/mol. The summed E-state index contributed by atoms with van der Waals surface area (Å²) in [4.78, 5) is 12.7. The van der Waals surface area contributed by atoms with Crippen LogP contribution in [-0.2, 0) is 11.2 Å². The second kappa shape index (κ2) is 8.19. The molecule has 2 aromatic carbocycles. The number of fused-ring (bicyclic) bond motifs is 1. The normalized spacial score (nSPS) is 17.0. The Hall–Kier alpha value is -2.60. The van der Waals surface area contributed by atoms with Crippen LogP contribution in [0.25, 0.3) is 11.5 Å². The van der Waals surface area contributed by atoms with Gasteiger partial charge in [-0.25, -0.2) is 0 Å². The van der Waals surface area contributed by atoms with Gasteiger partial charge in [0.25, 0.3) is 5.22 Å². The van der Waals surface area contributed by atoms with Gasteiger partial charge in [0.05, 0.1) is 11.3 Å². The molecule has 0 radical (unpaired) electrons. The van der Waals surface area contributed by atoms with E-state index in [0.29, 0.717) is 11.1 Å². The molecule has 1 aliphatic carbocycles. The van der Waals surface area contributed by atoms with Crippen molar-refractivity contribution in [3.63, 3.8) is 0 Å². The van der Waals surface area contributed by atoms with Gasteiger partial charge in [-0.15, -0.1) is 10.2 Å². The van der Waals surface area contributed by atoms with Gasteiger partial charge in [0.15, 0.2) is 0 Å². The topological polar surface area (TPSA) is 68.0 Å². The van der Waals surface area contributed by atoms with Crippen LogP contribution in [0.2, 0.25) is 0 Å². The minimum absolute atomic E-state index is 0.0122. The molecule has 0 aliphatic heterocycles. The second-order valence-corrected chi connectivity index (χ2v) is 8.44. The Morgan fingerprint density at radius 1 is 1.18 bits per heavy atom. The molecule has 1 amide bonds. The highest BCUT2D eigenvalue weighted by molar-refractivity contribution is 8.00. The van der Waals surface area contributed by atoms with Crippen LogP contribution in [-0.4, -0.2) is 21.4 Å². The maximum absolute atomic E-state index is 12.7. The lowest BCUT2D eigenvalue weighted by atomic mass is 9.88. The van der Waals surface area contributed by atoms with Gasteiger partial charge in [-0.3, -0.25) is 4.79 Å². The summed E-state index contributed by atoms with van der Waals surface area (Å²) in [7, 11) is 0. The molecule has 1 heterocycles. The summed E-state index contributed by atoms with van der Waals surface area (Å²) in [5.41, 5.74) is 4.62. The van der Waals surface area contributed by atoms with E-state index in [0.717, 1.165) is 24.8 Å². The molecule has 0 spiro atoms. The molecule has 0 saturated heterocycles. The van der Waals surface area contributed by atoms with Crippen LogP contribution < -0.4 is 5.32 Å². The van der Waals surface area contributed by atoms with Gasteiger partial charge in [-0.05, 0) is 56.4 Å². The van der Waals surface area contributed by atoms with Gasteiger partial charge in [-0.2, -0.15) is 0 Å². The maximum Gasteiger partial charge on any atom is 0.277 e. The van der Waals surface area contributed by atoms with E-state index in [1.807, 2.05) is 44.2 Å². The van der Waals surface area contributed by atoms with Gasteiger partial charge >= 0.3 is 0 Å². The van der Waals surface area contributed by atoms with Crippen LogP contribution in [0, 0.1) is 6.92 Å². The van der Waals surface area contributed by atoms with Gasteiger partial charge in [0, 0.05) is 5.56 Å². The van der Waals surface area contributed by atoms with E-state index >= 15 is 0 Å². The molecule has 5 nitrogen and oxygen atoms in total. The van der Waals surface area contributed by atoms with E-state index in [9.17, 15) is 4.79 Å². The Labute approximate surface area is 168 Å². The van der Waals surface area contributed by atoms with Gasteiger partial charge < -0.3 is 9.73 Å². The smallest absolute Gasteiger partial charge is 0.277 e. The van der Waals surface area contributed by atoms with Crippen LogP contribution in [0.15, 0.2) is 58.2 Å². The predicted octanol–water partition coefficient (Wildman–Crippen LogP) is 4.72. The number of aryl methyl sites for hydroxylation is 2. The number of carbonyl (C=O) groups excluding carboxylic acids is 1. The fourth-order valence-electron chi connectivity index (χ4n) is 3.47. The van der Waals surface area contributed by atoms with Gasteiger partial charge in [0.1, 0.15) is 0 Å². The van der Waals surface area contributed by atoms with E-state index in [1.54, 1.807) is 0 Å². The first-order valence-electron chi connectivity index (χ1n) is 9.55. The van der Waals surface area contributed by atoms with Crippen LogP contribution in [0.4, 0.5) is 0 Å². The van der Waals surface area contributed by atoms with E-state index in [4.69, 9.17) is 4.42 Å². The van der Waals surface area contributed by atoms with Crippen molar-refractivity contribution in [2.45, 2.75) is 49.6 Å². The molecule has 1 aromatic heterocycles. The molecule has 0 unspecified atom stereocenters.